The zero-order valence-corrected chi connectivity index (χ0v) is 20.0. The number of ether oxygens (including phenoxy) is 1. The van der Waals surface area contributed by atoms with Crippen molar-refractivity contribution in [1.82, 2.24) is 9.47 Å². The number of rotatable bonds is 7. The van der Waals surface area contributed by atoms with Crippen LogP contribution >= 0.6 is 0 Å². The van der Waals surface area contributed by atoms with E-state index in [1.165, 1.54) is 4.90 Å². The molecule has 2 aromatic carbocycles. The van der Waals surface area contributed by atoms with E-state index < -0.39 is 5.41 Å². The van der Waals surface area contributed by atoms with E-state index >= 15 is 0 Å². The molecule has 2 heterocycles. The molecule has 0 radical (unpaired) electrons. The minimum atomic E-state index is -0.611. The van der Waals surface area contributed by atoms with Crippen molar-refractivity contribution in [3.05, 3.63) is 89.0 Å². The molecule has 1 aromatic heterocycles. The molecule has 2 amide bonds. The van der Waals surface area contributed by atoms with Crippen LogP contribution in [0.1, 0.15) is 58.3 Å². The van der Waals surface area contributed by atoms with Crippen molar-refractivity contribution in [1.29, 1.82) is 5.26 Å². The fraction of sp³-hybridized carbons (Fsp3) is 0.296. The zero-order chi connectivity index (χ0) is 25.2. The van der Waals surface area contributed by atoms with Crippen molar-refractivity contribution in [2.75, 3.05) is 6.54 Å². The SMILES string of the molecule is CC(C)(C)C(=O)OC[n+]1cc(CCN2C(=O)c3ccccc3C2=O)n(Cc2ccc(C#N)cc2)c1. The summed E-state index contributed by atoms with van der Waals surface area (Å²) in [6.07, 6.45) is 4.13. The number of aromatic nitrogens is 2. The van der Waals surface area contributed by atoms with Crippen LogP contribution in [0.25, 0.3) is 0 Å². The van der Waals surface area contributed by atoms with Gasteiger partial charge in [-0.1, -0.05) is 24.3 Å². The van der Waals surface area contributed by atoms with Gasteiger partial charge in [0, 0.05) is 13.0 Å². The van der Waals surface area contributed by atoms with Gasteiger partial charge in [0.15, 0.2) is 0 Å². The van der Waals surface area contributed by atoms with Crippen molar-refractivity contribution < 1.29 is 23.7 Å². The lowest BCUT2D eigenvalue weighted by molar-refractivity contribution is -0.727. The average Bonchev–Trinajstić information content (AvgIpc) is 3.33. The predicted octanol–water partition coefficient (Wildman–Crippen LogP) is 3.08. The number of benzene rings is 2. The number of imide groups is 1. The zero-order valence-electron chi connectivity index (χ0n) is 20.0. The van der Waals surface area contributed by atoms with Gasteiger partial charge in [0.05, 0.1) is 28.2 Å². The molecule has 35 heavy (non-hydrogen) atoms. The van der Waals surface area contributed by atoms with Crippen LogP contribution in [0, 0.1) is 16.7 Å². The van der Waals surface area contributed by atoms with Crippen molar-refractivity contribution in [3.63, 3.8) is 0 Å². The van der Waals surface area contributed by atoms with Crippen LogP contribution in [0.4, 0.5) is 0 Å². The van der Waals surface area contributed by atoms with Crippen molar-refractivity contribution in [2.45, 2.75) is 40.5 Å². The topological polar surface area (TPSA) is 96.3 Å². The lowest BCUT2D eigenvalue weighted by Crippen LogP contribution is -2.36. The Morgan fingerprint density at radius 3 is 2.23 bits per heavy atom. The van der Waals surface area contributed by atoms with Crippen molar-refractivity contribution >= 4 is 17.8 Å². The van der Waals surface area contributed by atoms with Gasteiger partial charge in [0.1, 0.15) is 18.4 Å². The van der Waals surface area contributed by atoms with Gasteiger partial charge in [-0.3, -0.25) is 19.3 Å². The van der Waals surface area contributed by atoms with E-state index in [4.69, 9.17) is 10.00 Å². The fourth-order valence-electron chi connectivity index (χ4n) is 3.87. The second-order valence-electron chi connectivity index (χ2n) is 9.56. The summed E-state index contributed by atoms with van der Waals surface area (Å²) in [5.74, 6) is -0.886. The highest BCUT2D eigenvalue weighted by Gasteiger charge is 2.35. The van der Waals surface area contributed by atoms with Gasteiger partial charge in [-0.2, -0.15) is 5.26 Å². The molecule has 0 bridgehead atoms. The maximum Gasteiger partial charge on any atom is 0.314 e. The Labute approximate surface area is 204 Å². The first-order valence-electron chi connectivity index (χ1n) is 11.4. The maximum absolute atomic E-state index is 12.8. The van der Waals surface area contributed by atoms with Crippen LogP contribution < -0.4 is 4.57 Å². The summed E-state index contributed by atoms with van der Waals surface area (Å²) in [4.78, 5) is 39.0. The van der Waals surface area contributed by atoms with Crippen LogP contribution in [0.5, 0.6) is 0 Å². The Bertz CT molecular complexity index is 1290. The molecule has 0 fully saturated rings. The molecule has 1 aliphatic heterocycles. The number of amides is 2. The fourth-order valence-corrected chi connectivity index (χ4v) is 3.87. The van der Waals surface area contributed by atoms with E-state index in [9.17, 15) is 14.4 Å². The summed E-state index contributed by atoms with van der Waals surface area (Å²) in [6.45, 7) is 6.18. The summed E-state index contributed by atoms with van der Waals surface area (Å²) >= 11 is 0. The highest BCUT2D eigenvalue weighted by Crippen LogP contribution is 2.23. The Morgan fingerprint density at radius 1 is 1.03 bits per heavy atom. The Hall–Kier alpha value is -4.25. The van der Waals surface area contributed by atoms with Crippen LogP contribution in [-0.2, 0) is 29.2 Å². The number of carbonyl (C=O) groups excluding carboxylic acids is 3. The smallest absolute Gasteiger partial charge is 0.314 e. The first-order valence-corrected chi connectivity index (χ1v) is 11.4. The van der Waals surface area contributed by atoms with Gasteiger partial charge in [-0.05, 0) is 50.6 Å². The lowest BCUT2D eigenvalue weighted by Gasteiger charge is -2.15. The molecule has 0 N–H and O–H groups in total. The summed E-state index contributed by atoms with van der Waals surface area (Å²) in [5, 5.41) is 9.05. The van der Waals surface area contributed by atoms with E-state index in [-0.39, 0.29) is 31.1 Å². The summed E-state index contributed by atoms with van der Waals surface area (Å²) in [6, 6.07) is 16.2. The molecule has 0 saturated carbocycles. The summed E-state index contributed by atoms with van der Waals surface area (Å²) < 4.78 is 9.21. The van der Waals surface area contributed by atoms with Crippen LogP contribution in [0.2, 0.25) is 0 Å². The molecule has 3 aromatic rings. The van der Waals surface area contributed by atoms with Crippen molar-refractivity contribution in [3.8, 4) is 6.07 Å². The second kappa shape index (κ2) is 9.55. The third-order valence-corrected chi connectivity index (χ3v) is 5.83. The number of nitriles is 1. The van der Waals surface area contributed by atoms with Gasteiger partial charge in [-0.25, -0.2) is 9.13 Å². The Balaban J connectivity index is 1.53. The van der Waals surface area contributed by atoms with Crippen LogP contribution in [-0.4, -0.2) is 33.8 Å². The number of esters is 1. The number of imidazole rings is 1. The molecule has 8 nitrogen and oxygen atoms in total. The van der Waals surface area contributed by atoms with Gasteiger partial charge in [0.25, 0.3) is 11.8 Å². The Kier molecular flexibility index (Phi) is 6.52. The highest BCUT2D eigenvalue weighted by atomic mass is 16.5. The third-order valence-electron chi connectivity index (χ3n) is 5.83. The van der Waals surface area contributed by atoms with Gasteiger partial charge in [-0.15, -0.1) is 0 Å². The maximum atomic E-state index is 12.8. The molecule has 178 valence electrons. The van der Waals surface area contributed by atoms with E-state index in [2.05, 4.69) is 6.07 Å². The van der Waals surface area contributed by atoms with E-state index in [1.54, 1.807) is 61.7 Å². The molecular formula is C27H27N4O4+. The van der Waals surface area contributed by atoms with Gasteiger partial charge < -0.3 is 4.74 Å². The predicted molar refractivity (Wildman–Crippen MR) is 126 cm³/mol. The third kappa shape index (κ3) is 5.14. The largest absolute Gasteiger partial charge is 0.424 e. The van der Waals surface area contributed by atoms with E-state index in [0.29, 0.717) is 29.7 Å². The molecular weight excluding hydrogens is 444 g/mol. The summed E-state index contributed by atoms with van der Waals surface area (Å²) in [5.41, 5.74) is 2.68. The number of nitrogens with zero attached hydrogens (tertiary/aromatic N) is 4. The first kappa shape index (κ1) is 23.9. The summed E-state index contributed by atoms with van der Waals surface area (Å²) in [7, 11) is 0. The van der Waals surface area contributed by atoms with E-state index in [0.717, 1.165) is 11.3 Å². The lowest BCUT2D eigenvalue weighted by atomic mass is 9.98. The number of fused-ring (bicyclic) bond motifs is 1. The molecule has 8 heteroatoms. The molecule has 1 aliphatic rings. The van der Waals surface area contributed by atoms with Crippen LogP contribution in [0.15, 0.2) is 61.1 Å². The Morgan fingerprint density at radius 2 is 1.66 bits per heavy atom. The molecule has 0 saturated heterocycles. The van der Waals surface area contributed by atoms with Crippen molar-refractivity contribution in [2.24, 2.45) is 5.41 Å². The number of hydrogen-bond acceptors (Lipinski definition) is 5. The minimum absolute atomic E-state index is 0.0521. The quantitative estimate of drug-likeness (QED) is 0.300. The van der Waals surface area contributed by atoms with Gasteiger partial charge >= 0.3 is 5.97 Å². The van der Waals surface area contributed by atoms with Gasteiger partial charge in [0.2, 0.25) is 13.1 Å². The van der Waals surface area contributed by atoms with Crippen LogP contribution in [0.3, 0.4) is 0 Å². The number of carbonyl (C=O) groups is 3. The molecule has 0 spiro atoms. The number of hydrogen-bond donors (Lipinski definition) is 0. The highest BCUT2D eigenvalue weighted by molar-refractivity contribution is 6.21. The molecule has 0 unspecified atom stereocenters. The molecule has 4 rings (SSSR count). The standard InChI is InChI=1S/C27H27N4O4/c1-27(2,3)26(34)35-18-29-16-21(30(17-29)15-20-10-8-19(14-28)9-11-20)12-13-31-24(32)22-6-4-5-7-23(22)25(31)33/h4-11,16-17H,12-13,15,18H2,1-3H3/q+1. The first-order chi connectivity index (χ1) is 16.7. The second-order valence-corrected chi connectivity index (χ2v) is 9.56. The monoisotopic (exact) mass is 471 g/mol. The molecule has 0 atom stereocenters. The minimum Gasteiger partial charge on any atom is -0.424 e. The normalized spacial score (nSPS) is 13.0. The molecule has 0 aliphatic carbocycles. The van der Waals surface area contributed by atoms with E-state index in [1.807, 2.05) is 29.2 Å². The average molecular weight is 472 g/mol.